The van der Waals surface area contributed by atoms with Gasteiger partial charge in [0.15, 0.2) is 0 Å². The van der Waals surface area contributed by atoms with Crippen molar-refractivity contribution in [2.45, 2.75) is 6.92 Å². The van der Waals surface area contributed by atoms with E-state index in [1.807, 2.05) is 0 Å². The Hall–Kier alpha value is -0.220. The largest absolute Gasteiger partial charge is 0.410 e. The van der Waals surface area contributed by atoms with E-state index in [-0.39, 0.29) is 6.61 Å². The van der Waals surface area contributed by atoms with Crippen LogP contribution >= 0.6 is 11.8 Å². The van der Waals surface area contributed by atoms with Gasteiger partial charge < -0.3 is 10.3 Å². The van der Waals surface area contributed by atoms with Crippen LogP contribution < -0.4 is 0 Å². The summed E-state index contributed by atoms with van der Waals surface area (Å²) in [6.07, 6.45) is 0. The Balaban J connectivity index is 3.12. The molecule has 3 nitrogen and oxygen atoms in total. The Morgan fingerprint density at radius 3 is 2.75 bits per heavy atom. The standard InChI is InChI=1S/C4H9NO2S/c1-4(5-7)8-3-2-6/h6-7H,2-3H2,1H3/b5-4+. The number of nitrogens with zero attached hydrogens (tertiary/aromatic N) is 1. The first-order valence-corrected chi connectivity index (χ1v) is 3.22. The van der Waals surface area contributed by atoms with E-state index >= 15 is 0 Å². The van der Waals surface area contributed by atoms with Gasteiger partial charge in [0.1, 0.15) is 5.04 Å². The molecule has 0 atom stereocenters. The van der Waals surface area contributed by atoms with Crippen molar-refractivity contribution >= 4 is 16.8 Å². The lowest BCUT2D eigenvalue weighted by Crippen LogP contribution is -1.90. The first kappa shape index (κ1) is 7.78. The molecule has 4 heteroatoms. The second-order valence-corrected chi connectivity index (χ2v) is 2.48. The van der Waals surface area contributed by atoms with Crippen molar-refractivity contribution in [3.8, 4) is 0 Å². The molecule has 0 unspecified atom stereocenters. The minimum atomic E-state index is 0.123. The molecule has 0 amide bonds. The van der Waals surface area contributed by atoms with Crippen molar-refractivity contribution in [1.82, 2.24) is 0 Å². The Bertz CT molecular complexity index is 84.1. The molecule has 0 radical (unpaired) electrons. The van der Waals surface area contributed by atoms with Crippen molar-refractivity contribution in [3.05, 3.63) is 0 Å². The molecule has 0 rings (SSSR count). The molecule has 0 bridgehead atoms. The van der Waals surface area contributed by atoms with Gasteiger partial charge in [-0.25, -0.2) is 0 Å². The summed E-state index contributed by atoms with van der Waals surface area (Å²) in [6.45, 7) is 1.80. The average molecular weight is 135 g/mol. The van der Waals surface area contributed by atoms with Crippen LogP contribution in [0.2, 0.25) is 0 Å². The van der Waals surface area contributed by atoms with Gasteiger partial charge in [0.2, 0.25) is 0 Å². The van der Waals surface area contributed by atoms with E-state index in [1.165, 1.54) is 11.8 Å². The highest BCUT2D eigenvalue weighted by Gasteiger charge is 1.88. The molecule has 8 heavy (non-hydrogen) atoms. The zero-order chi connectivity index (χ0) is 6.41. The van der Waals surface area contributed by atoms with Gasteiger partial charge in [0.05, 0.1) is 6.61 Å². The molecule has 0 fully saturated rings. The van der Waals surface area contributed by atoms with Crippen molar-refractivity contribution in [2.24, 2.45) is 5.16 Å². The summed E-state index contributed by atoms with van der Waals surface area (Å²) in [5.41, 5.74) is 0. The zero-order valence-corrected chi connectivity index (χ0v) is 5.48. The summed E-state index contributed by atoms with van der Waals surface area (Å²) in [6, 6.07) is 0. The van der Waals surface area contributed by atoms with Crippen molar-refractivity contribution < 1.29 is 10.3 Å². The van der Waals surface area contributed by atoms with Gasteiger partial charge >= 0.3 is 0 Å². The second kappa shape index (κ2) is 4.93. The van der Waals surface area contributed by atoms with E-state index in [0.717, 1.165) is 0 Å². The van der Waals surface area contributed by atoms with Gasteiger partial charge in [-0.2, -0.15) is 0 Å². The number of oxime groups is 1. The molecule has 0 aliphatic carbocycles. The molecule has 0 aromatic carbocycles. The van der Waals surface area contributed by atoms with Crippen LogP contribution in [-0.2, 0) is 0 Å². The highest BCUT2D eigenvalue weighted by atomic mass is 32.2. The monoisotopic (exact) mass is 135 g/mol. The Morgan fingerprint density at radius 2 is 2.38 bits per heavy atom. The highest BCUT2D eigenvalue weighted by molar-refractivity contribution is 8.13. The normalized spacial score (nSPS) is 12.0. The first-order chi connectivity index (χ1) is 3.81. The lowest BCUT2D eigenvalue weighted by Gasteiger charge is -1.91. The van der Waals surface area contributed by atoms with E-state index < -0.39 is 0 Å². The highest BCUT2D eigenvalue weighted by Crippen LogP contribution is 2.00. The van der Waals surface area contributed by atoms with Gasteiger partial charge in [0.25, 0.3) is 0 Å². The summed E-state index contributed by atoms with van der Waals surface area (Å²) in [5.74, 6) is 0.593. The fourth-order valence-corrected chi connectivity index (χ4v) is 0.667. The lowest BCUT2D eigenvalue weighted by molar-refractivity contribution is 0.319. The van der Waals surface area contributed by atoms with Crippen molar-refractivity contribution in [3.63, 3.8) is 0 Å². The van der Waals surface area contributed by atoms with Crippen LogP contribution in [0.5, 0.6) is 0 Å². The first-order valence-electron chi connectivity index (χ1n) is 2.23. The SMILES string of the molecule is C/C(=N\O)SCCO. The number of aliphatic hydroxyl groups is 1. The van der Waals surface area contributed by atoms with Crippen LogP contribution in [-0.4, -0.2) is 27.7 Å². The smallest absolute Gasteiger partial charge is 0.109 e. The second-order valence-electron chi connectivity index (χ2n) is 1.19. The fraction of sp³-hybridized carbons (Fsp3) is 0.750. The van der Waals surface area contributed by atoms with Gasteiger partial charge in [-0.3, -0.25) is 0 Å². The van der Waals surface area contributed by atoms with Gasteiger partial charge in [0, 0.05) is 5.75 Å². The van der Waals surface area contributed by atoms with E-state index in [9.17, 15) is 0 Å². The molecule has 0 spiro atoms. The van der Waals surface area contributed by atoms with E-state index in [0.29, 0.717) is 10.8 Å². The summed E-state index contributed by atoms with van der Waals surface area (Å²) in [5, 5.41) is 19.8. The number of aliphatic hydroxyl groups excluding tert-OH is 1. The number of thioether (sulfide) groups is 1. The molecular formula is C4H9NO2S. The average Bonchev–Trinajstić information content (AvgIpc) is 1.83. The molecule has 0 aromatic rings. The molecule has 0 aliphatic rings. The molecule has 0 saturated carbocycles. The molecular weight excluding hydrogens is 126 g/mol. The van der Waals surface area contributed by atoms with Crippen LogP contribution in [0, 0.1) is 0 Å². The minimum absolute atomic E-state index is 0.123. The Kier molecular flexibility index (Phi) is 4.79. The Labute approximate surface area is 52.4 Å². The van der Waals surface area contributed by atoms with E-state index in [1.54, 1.807) is 6.92 Å². The summed E-state index contributed by atoms with van der Waals surface area (Å²) < 4.78 is 0. The van der Waals surface area contributed by atoms with Crippen LogP contribution in [0.3, 0.4) is 0 Å². The maximum Gasteiger partial charge on any atom is 0.109 e. The molecule has 0 saturated heterocycles. The molecule has 0 aromatic heterocycles. The maximum atomic E-state index is 8.25. The fourth-order valence-electron chi connectivity index (χ4n) is 0.222. The van der Waals surface area contributed by atoms with Crippen LogP contribution in [0.15, 0.2) is 5.16 Å². The topological polar surface area (TPSA) is 52.8 Å². The number of rotatable bonds is 2. The summed E-state index contributed by atoms with van der Waals surface area (Å²) in [4.78, 5) is 0. The third-order valence-electron chi connectivity index (χ3n) is 0.543. The van der Waals surface area contributed by atoms with E-state index in [4.69, 9.17) is 10.3 Å². The third-order valence-corrected chi connectivity index (χ3v) is 1.43. The summed E-state index contributed by atoms with van der Waals surface area (Å²) >= 11 is 1.33. The number of hydrogen-bond donors (Lipinski definition) is 2. The molecule has 0 heterocycles. The third kappa shape index (κ3) is 3.95. The molecule has 48 valence electrons. The number of hydrogen-bond acceptors (Lipinski definition) is 4. The van der Waals surface area contributed by atoms with Crippen LogP contribution in [0.25, 0.3) is 0 Å². The summed E-state index contributed by atoms with van der Waals surface area (Å²) in [7, 11) is 0. The quantitative estimate of drug-likeness (QED) is 0.251. The molecule has 2 N–H and O–H groups in total. The zero-order valence-electron chi connectivity index (χ0n) is 4.66. The minimum Gasteiger partial charge on any atom is -0.410 e. The maximum absolute atomic E-state index is 8.25. The predicted molar refractivity (Wildman–Crippen MR) is 34.4 cm³/mol. The van der Waals surface area contributed by atoms with Gasteiger partial charge in [-0.05, 0) is 6.92 Å². The van der Waals surface area contributed by atoms with Crippen LogP contribution in [0.1, 0.15) is 6.92 Å². The van der Waals surface area contributed by atoms with Gasteiger partial charge in [-0.1, -0.05) is 5.16 Å². The Morgan fingerprint density at radius 1 is 1.75 bits per heavy atom. The van der Waals surface area contributed by atoms with Crippen molar-refractivity contribution in [1.29, 1.82) is 0 Å². The van der Waals surface area contributed by atoms with Gasteiger partial charge in [-0.15, -0.1) is 11.8 Å². The molecule has 0 aliphatic heterocycles. The van der Waals surface area contributed by atoms with Crippen LogP contribution in [0.4, 0.5) is 0 Å². The van der Waals surface area contributed by atoms with Crippen molar-refractivity contribution in [2.75, 3.05) is 12.4 Å². The lowest BCUT2D eigenvalue weighted by atomic mass is 10.9. The predicted octanol–water partition coefficient (Wildman–Crippen LogP) is 0.520. The van der Waals surface area contributed by atoms with E-state index in [2.05, 4.69) is 5.16 Å².